The van der Waals surface area contributed by atoms with Gasteiger partial charge in [-0.05, 0) is 43.7 Å². The molecule has 1 aromatic rings. The summed E-state index contributed by atoms with van der Waals surface area (Å²) in [5.74, 6) is 1.17. The van der Waals surface area contributed by atoms with Gasteiger partial charge in [0.1, 0.15) is 5.75 Å². The van der Waals surface area contributed by atoms with Gasteiger partial charge in [0.2, 0.25) is 0 Å². The van der Waals surface area contributed by atoms with Gasteiger partial charge in [0.05, 0.1) is 17.1 Å². The third kappa shape index (κ3) is 3.68. The molecule has 0 heterocycles. The van der Waals surface area contributed by atoms with Crippen molar-refractivity contribution in [3.05, 3.63) is 46.0 Å². The molecule has 5 heteroatoms. The van der Waals surface area contributed by atoms with E-state index in [1.807, 2.05) is 0 Å². The molecule has 0 bridgehead atoms. The van der Waals surface area contributed by atoms with Gasteiger partial charge in [0.25, 0.3) is 5.69 Å². The van der Waals surface area contributed by atoms with Gasteiger partial charge in [-0.25, -0.2) is 0 Å². The molecular formula is C16H19NO4. The first-order valence-electron chi connectivity index (χ1n) is 7.06. The fraction of sp³-hybridized carbons (Fsp3) is 0.438. The Morgan fingerprint density at radius 2 is 2.10 bits per heavy atom. The minimum absolute atomic E-state index is 0.0917. The van der Waals surface area contributed by atoms with Crippen LogP contribution >= 0.6 is 0 Å². The van der Waals surface area contributed by atoms with Crippen molar-refractivity contribution in [3.8, 4) is 5.75 Å². The highest BCUT2D eigenvalue weighted by molar-refractivity contribution is 5.98. The van der Waals surface area contributed by atoms with E-state index in [4.69, 9.17) is 4.74 Å². The summed E-state index contributed by atoms with van der Waals surface area (Å²) in [6, 6.07) is 4.34. The summed E-state index contributed by atoms with van der Waals surface area (Å²) in [6.07, 6.45) is 6.37. The number of nitro benzene ring substituents is 1. The fourth-order valence-electron chi connectivity index (χ4n) is 2.49. The summed E-state index contributed by atoms with van der Waals surface area (Å²) < 4.78 is 5.73. The standard InChI is InChI=1S/C16H19NO4/c1-11-5-3-4-6-13(11)10-21-14-7-8-16(17(19)20)15(9-14)12(2)18/h3-4,7-9,11,13H,5-6,10H2,1-2H3. The van der Waals surface area contributed by atoms with E-state index in [-0.39, 0.29) is 17.0 Å². The topological polar surface area (TPSA) is 69.4 Å². The predicted molar refractivity (Wildman–Crippen MR) is 79.6 cm³/mol. The van der Waals surface area contributed by atoms with Crippen LogP contribution < -0.4 is 4.74 Å². The lowest BCUT2D eigenvalue weighted by atomic mass is 9.85. The second-order valence-electron chi connectivity index (χ2n) is 5.48. The Hall–Kier alpha value is -2.17. The summed E-state index contributed by atoms with van der Waals surface area (Å²) in [4.78, 5) is 21.9. The molecule has 0 fully saturated rings. The molecule has 21 heavy (non-hydrogen) atoms. The maximum atomic E-state index is 11.5. The number of carbonyl (C=O) groups excluding carboxylic acids is 1. The van der Waals surface area contributed by atoms with Crippen molar-refractivity contribution >= 4 is 11.5 Å². The van der Waals surface area contributed by atoms with Crippen molar-refractivity contribution in [2.45, 2.75) is 26.7 Å². The molecule has 0 amide bonds. The molecule has 2 unspecified atom stereocenters. The molecule has 2 rings (SSSR count). The van der Waals surface area contributed by atoms with Crippen LogP contribution in [0.3, 0.4) is 0 Å². The molecule has 5 nitrogen and oxygen atoms in total. The van der Waals surface area contributed by atoms with Crippen LogP contribution in [0.4, 0.5) is 5.69 Å². The summed E-state index contributed by atoms with van der Waals surface area (Å²) in [5.41, 5.74) is -0.0853. The van der Waals surface area contributed by atoms with Gasteiger partial charge in [0, 0.05) is 6.07 Å². The molecule has 2 atom stereocenters. The Balaban J connectivity index is 2.10. The maximum Gasteiger partial charge on any atom is 0.280 e. The number of rotatable bonds is 5. The number of nitrogens with zero attached hydrogens (tertiary/aromatic N) is 1. The van der Waals surface area contributed by atoms with E-state index >= 15 is 0 Å². The van der Waals surface area contributed by atoms with Crippen LogP contribution in [0.2, 0.25) is 0 Å². The normalized spacial score (nSPS) is 21.0. The lowest BCUT2D eigenvalue weighted by Gasteiger charge is -2.25. The maximum absolute atomic E-state index is 11.5. The molecule has 0 saturated heterocycles. The zero-order chi connectivity index (χ0) is 15.4. The van der Waals surface area contributed by atoms with Crippen LogP contribution in [0.5, 0.6) is 5.75 Å². The number of ketones is 1. The van der Waals surface area contributed by atoms with Crippen LogP contribution in [0.1, 0.15) is 37.0 Å². The number of Topliss-reactive ketones (excluding diaryl/α,β-unsaturated/α-hetero) is 1. The molecular weight excluding hydrogens is 270 g/mol. The van der Waals surface area contributed by atoms with E-state index in [0.717, 1.165) is 12.8 Å². The number of benzene rings is 1. The third-order valence-corrected chi connectivity index (χ3v) is 3.93. The van der Waals surface area contributed by atoms with Gasteiger partial charge in [-0.2, -0.15) is 0 Å². The largest absolute Gasteiger partial charge is 0.493 e. The third-order valence-electron chi connectivity index (χ3n) is 3.93. The molecule has 0 aromatic heterocycles. The van der Waals surface area contributed by atoms with E-state index in [9.17, 15) is 14.9 Å². The number of hydrogen-bond acceptors (Lipinski definition) is 4. The molecule has 1 aliphatic carbocycles. The van der Waals surface area contributed by atoms with Gasteiger partial charge in [-0.1, -0.05) is 19.1 Å². The molecule has 0 radical (unpaired) electrons. The van der Waals surface area contributed by atoms with E-state index < -0.39 is 4.92 Å². The first kappa shape index (κ1) is 15.2. The highest BCUT2D eigenvalue weighted by Gasteiger charge is 2.21. The smallest absolute Gasteiger partial charge is 0.280 e. The quantitative estimate of drug-likeness (QED) is 0.358. The fourth-order valence-corrected chi connectivity index (χ4v) is 2.49. The summed E-state index contributed by atoms with van der Waals surface area (Å²) in [7, 11) is 0. The molecule has 0 N–H and O–H groups in total. The van der Waals surface area contributed by atoms with Crippen molar-refractivity contribution in [2.75, 3.05) is 6.61 Å². The molecule has 0 aliphatic heterocycles. The average Bonchev–Trinajstić information content (AvgIpc) is 2.46. The Kier molecular flexibility index (Phi) is 4.73. The number of allylic oxidation sites excluding steroid dienone is 2. The van der Waals surface area contributed by atoms with Crippen LogP contribution in [0.15, 0.2) is 30.4 Å². The van der Waals surface area contributed by atoms with Crippen molar-refractivity contribution in [3.63, 3.8) is 0 Å². The summed E-state index contributed by atoms with van der Waals surface area (Å²) in [5, 5.41) is 10.9. The number of nitro groups is 1. The zero-order valence-corrected chi connectivity index (χ0v) is 12.2. The average molecular weight is 289 g/mol. The molecule has 112 valence electrons. The van der Waals surface area contributed by atoms with Crippen molar-refractivity contribution in [1.29, 1.82) is 0 Å². The second kappa shape index (κ2) is 6.52. The summed E-state index contributed by atoms with van der Waals surface area (Å²) >= 11 is 0. The lowest BCUT2D eigenvalue weighted by Crippen LogP contribution is -2.21. The zero-order valence-electron chi connectivity index (χ0n) is 12.2. The van der Waals surface area contributed by atoms with E-state index in [1.165, 1.54) is 19.1 Å². The van der Waals surface area contributed by atoms with Crippen LogP contribution in [-0.2, 0) is 0 Å². The van der Waals surface area contributed by atoms with Crippen LogP contribution in [0, 0.1) is 22.0 Å². The molecule has 1 aromatic carbocycles. The first-order chi connectivity index (χ1) is 9.99. The van der Waals surface area contributed by atoms with Crippen LogP contribution in [0.25, 0.3) is 0 Å². The molecule has 0 spiro atoms. The Morgan fingerprint density at radius 3 is 2.71 bits per heavy atom. The Bertz CT molecular complexity index is 580. The Labute approximate surface area is 123 Å². The van der Waals surface area contributed by atoms with E-state index in [1.54, 1.807) is 6.07 Å². The Morgan fingerprint density at radius 1 is 1.38 bits per heavy atom. The first-order valence-corrected chi connectivity index (χ1v) is 7.06. The van der Waals surface area contributed by atoms with Crippen molar-refractivity contribution in [2.24, 2.45) is 11.8 Å². The summed E-state index contributed by atoms with van der Waals surface area (Å²) in [6.45, 7) is 4.06. The number of ether oxygens (including phenoxy) is 1. The van der Waals surface area contributed by atoms with Crippen molar-refractivity contribution < 1.29 is 14.5 Å². The van der Waals surface area contributed by atoms with Gasteiger partial charge in [-0.3, -0.25) is 14.9 Å². The number of hydrogen-bond donors (Lipinski definition) is 0. The minimum atomic E-state index is -0.547. The number of carbonyl (C=O) groups is 1. The van der Waals surface area contributed by atoms with Gasteiger partial charge in [-0.15, -0.1) is 0 Å². The van der Waals surface area contributed by atoms with Crippen molar-refractivity contribution in [1.82, 2.24) is 0 Å². The van der Waals surface area contributed by atoms with Gasteiger partial charge in [0.15, 0.2) is 5.78 Å². The molecule has 1 aliphatic rings. The van der Waals surface area contributed by atoms with Gasteiger partial charge >= 0.3 is 0 Å². The van der Waals surface area contributed by atoms with Gasteiger partial charge < -0.3 is 4.74 Å². The van der Waals surface area contributed by atoms with E-state index in [2.05, 4.69) is 19.1 Å². The second-order valence-corrected chi connectivity index (χ2v) is 5.48. The van der Waals surface area contributed by atoms with Crippen LogP contribution in [-0.4, -0.2) is 17.3 Å². The SMILES string of the molecule is CC(=O)c1cc(OCC2CC=CCC2C)ccc1[N+](=O)[O-]. The highest BCUT2D eigenvalue weighted by atomic mass is 16.6. The lowest BCUT2D eigenvalue weighted by molar-refractivity contribution is -0.385. The molecule has 0 saturated carbocycles. The monoisotopic (exact) mass is 289 g/mol. The minimum Gasteiger partial charge on any atom is -0.493 e. The van der Waals surface area contributed by atoms with E-state index in [0.29, 0.717) is 24.2 Å². The predicted octanol–water partition coefficient (Wildman–Crippen LogP) is 3.78. The highest BCUT2D eigenvalue weighted by Crippen LogP contribution is 2.28.